The maximum absolute atomic E-state index is 10.7. The number of nitrogens with zero attached hydrogens (tertiary/aromatic N) is 2. The van der Waals surface area contributed by atoms with Gasteiger partial charge in [-0.2, -0.15) is 5.01 Å². The van der Waals surface area contributed by atoms with Crippen molar-refractivity contribution in [2.45, 2.75) is 6.54 Å². The Morgan fingerprint density at radius 2 is 2.08 bits per heavy atom. The maximum Gasteiger partial charge on any atom is 0.428 e. The highest BCUT2D eigenvalue weighted by molar-refractivity contribution is 5.87. The van der Waals surface area contributed by atoms with Gasteiger partial charge in [0.2, 0.25) is 0 Å². The highest BCUT2D eigenvalue weighted by Crippen LogP contribution is 2.29. The SMILES string of the molecule is O=C(O)N1c2ccccc2CN1O. The van der Waals surface area contributed by atoms with Gasteiger partial charge in [-0.05, 0) is 11.6 Å². The van der Waals surface area contributed by atoms with Crippen molar-refractivity contribution in [3.05, 3.63) is 29.8 Å². The number of carboxylic acid groups (broad SMARTS) is 1. The summed E-state index contributed by atoms with van der Waals surface area (Å²) in [6.45, 7) is 0.211. The zero-order valence-electron chi connectivity index (χ0n) is 6.71. The third kappa shape index (κ3) is 1.14. The third-order valence-electron chi connectivity index (χ3n) is 1.94. The molecule has 1 aromatic carbocycles. The van der Waals surface area contributed by atoms with E-state index in [1.807, 2.05) is 0 Å². The first-order valence-electron chi connectivity index (χ1n) is 3.77. The lowest BCUT2D eigenvalue weighted by Gasteiger charge is -2.18. The second-order valence-electron chi connectivity index (χ2n) is 2.75. The molecule has 1 aliphatic rings. The smallest absolute Gasteiger partial charge is 0.428 e. The Bertz CT molecular complexity index is 353. The van der Waals surface area contributed by atoms with E-state index >= 15 is 0 Å². The molecule has 5 heteroatoms. The fraction of sp³-hybridized carbons (Fsp3) is 0.125. The van der Waals surface area contributed by atoms with Crippen LogP contribution in [0.5, 0.6) is 0 Å². The van der Waals surface area contributed by atoms with Gasteiger partial charge in [-0.3, -0.25) is 5.21 Å². The maximum atomic E-state index is 10.7. The van der Waals surface area contributed by atoms with Crippen LogP contribution in [0.4, 0.5) is 10.5 Å². The Labute approximate surface area is 74.3 Å². The van der Waals surface area contributed by atoms with Crippen molar-refractivity contribution in [1.29, 1.82) is 0 Å². The Kier molecular flexibility index (Phi) is 1.68. The normalized spacial score (nSPS) is 15.9. The Hall–Kier alpha value is -1.59. The zero-order chi connectivity index (χ0) is 9.42. The number of rotatable bonds is 0. The monoisotopic (exact) mass is 180 g/mol. The van der Waals surface area contributed by atoms with Gasteiger partial charge in [-0.25, -0.2) is 4.79 Å². The number of anilines is 1. The van der Waals surface area contributed by atoms with Gasteiger partial charge in [0.1, 0.15) is 0 Å². The molecule has 1 aromatic rings. The van der Waals surface area contributed by atoms with Crippen molar-refractivity contribution in [2.75, 3.05) is 5.01 Å². The van der Waals surface area contributed by atoms with Crippen molar-refractivity contribution in [3.8, 4) is 0 Å². The lowest BCUT2D eigenvalue weighted by molar-refractivity contribution is -0.0951. The summed E-state index contributed by atoms with van der Waals surface area (Å²) in [5, 5.41) is 19.5. The number of hydrogen-bond acceptors (Lipinski definition) is 3. The van der Waals surface area contributed by atoms with Crippen LogP contribution in [0.15, 0.2) is 24.3 Å². The van der Waals surface area contributed by atoms with Crippen LogP contribution >= 0.6 is 0 Å². The van der Waals surface area contributed by atoms with Crippen molar-refractivity contribution < 1.29 is 15.1 Å². The first kappa shape index (κ1) is 8.03. The molecule has 0 saturated carbocycles. The topological polar surface area (TPSA) is 64.0 Å². The minimum Gasteiger partial charge on any atom is -0.464 e. The van der Waals surface area contributed by atoms with Gasteiger partial charge in [0, 0.05) is 0 Å². The predicted octanol–water partition coefficient (Wildman–Crippen LogP) is 1.29. The van der Waals surface area contributed by atoms with Crippen LogP contribution in [0.3, 0.4) is 0 Å². The molecule has 1 amide bonds. The van der Waals surface area contributed by atoms with Crippen molar-refractivity contribution >= 4 is 11.8 Å². The zero-order valence-corrected chi connectivity index (χ0v) is 6.71. The number of hydroxylamine groups is 1. The number of carbonyl (C=O) groups is 1. The molecule has 0 radical (unpaired) electrons. The third-order valence-corrected chi connectivity index (χ3v) is 1.94. The summed E-state index contributed by atoms with van der Waals surface area (Å²) >= 11 is 0. The fourth-order valence-electron chi connectivity index (χ4n) is 1.40. The van der Waals surface area contributed by atoms with E-state index in [2.05, 4.69) is 0 Å². The van der Waals surface area contributed by atoms with Gasteiger partial charge < -0.3 is 5.11 Å². The summed E-state index contributed by atoms with van der Waals surface area (Å²) in [5.74, 6) is 0. The van der Waals surface area contributed by atoms with Gasteiger partial charge in [0.05, 0.1) is 12.2 Å². The van der Waals surface area contributed by atoms with E-state index in [4.69, 9.17) is 5.11 Å². The molecule has 13 heavy (non-hydrogen) atoms. The fourth-order valence-corrected chi connectivity index (χ4v) is 1.40. The van der Waals surface area contributed by atoms with Gasteiger partial charge in [-0.1, -0.05) is 23.4 Å². The van der Waals surface area contributed by atoms with E-state index in [1.54, 1.807) is 24.3 Å². The average molecular weight is 180 g/mol. The molecule has 5 nitrogen and oxygen atoms in total. The minimum absolute atomic E-state index is 0.211. The quantitative estimate of drug-likeness (QED) is 0.631. The highest BCUT2D eigenvalue weighted by atomic mass is 16.6. The Morgan fingerprint density at radius 3 is 2.77 bits per heavy atom. The lowest BCUT2D eigenvalue weighted by Crippen LogP contribution is -2.38. The van der Waals surface area contributed by atoms with Crippen molar-refractivity contribution in [3.63, 3.8) is 0 Å². The second kappa shape index (κ2) is 2.72. The molecule has 2 rings (SSSR count). The minimum atomic E-state index is -1.19. The summed E-state index contributed by atoms with van der Waals surface area (Å²) in [7, 11) is 0. The van der Waals surface area contributed by atoms with E-state index in [0.29, 0.717) is 10.9 Å². The number of benzene rings is 1. The summed E-state index contributed by atoms with van der Waals surface area (Å²) in [6, 6.07) is 6.97. The number of para-hydroxylation sites is 1. The van der Waals surface area contributed by atoms with Crippen LogP contribution in [-0.4, -0.2) is 21.6 Å². The molecule has 0 unspecified atom stereocenters. The Balaban J connectivity index is 2.46. The van der Waals surface area contributed by atoms with Crippen LogP contribution in [-0.2, 0) is 6.54 Å². The molecule has 0 spiro atoms. The molecule has 0 fully saturated rings. The second-order valence-corrected chi connectivity index (χ2v) is 2.75. The number of amides is 1. The summed E-state index contributed by atoms with van der Waals surface area (Å²) < 4.78 is 0. The first-order chi connectivity index (χ1) is 6.20. The van der Waals surface area contributed by atoms with Crippen molar-refractivity contribution in [1.82, 2.24) is 5.17 Å². The van der Waals surface area contributed by atoms with Crippen LogP contribution in [0, 0.1) is 0 Å². The highest BCUT2D eigenvalue weighted by Gasteiger charge is 2.30. The molecule has 2 N–H and O–H groups in total. The van der Waals surface area contributed by atoms with Crippen molar-refractivity contribution in [2.24, 2.45) is 0 Å². The van der Waals surface area contributed by atoms with Gasteiger partial charge in [0.15, 0.2) is 0 Å². The molecule has 0 aliphatic carbocycles. The molecule has 0 aromatic heterocycles. The molecular formula is C8H8N2O3. The largest absolute Gasteiger partial charge is 0.464 e. The summed E-state index contributed by atoms with van der Waals surface area (Å²) in [4.78, 5) is 10.7. The first-order valence-corrected chi connectivity index (χ1v) is 3.77. The summed E-state index contributed by atoms with van der Waals surface area (Å²) in [5.41, 5.74) is 1.31. The van der Waals surface area contributed by atoms with Gasteiger partial charge >= 0.3 is 6.09 Å². The predicted molar refractivity (Wildman–Crippen MR) is 44.3 cm³/mol. The number of hydrogen-bond donors (Lipinski definition) is 2. The van der Waals surface area contributed by atoms with Gasteiger partial charge in [-0.15, -0.1) is 0 Å². The number of fused-ring (bicyclic) bond motifs is 1. The molecule has 0 bridgehead atoms. The molecule has 1 heterocycles. The van der Waals surface area contributed by atoms with E-state index in [1.165, 1.54) is 0 Å². The van der Waals surface area contributed by atoms with Crippen LogP contribution in [0.1, 0.15) is 5.56 Å². The van der Waals surface area contributed by atoms with E-state index < -0.39 is 6.09 Å². The average Bonchev–Trinajstić information content (AvgIpc) is 2.39. The van der Waals surface area contributed by atoms with E-state index in [-0.39, 0.29) is 6.54 Å². The van der Waals surface area contributed by atoms with Crippen LogP contribution < -0.4 is 5.01 Å². The van der Waals surface area contributed by atoms with E-state index in [9.17, 15) is 10.0 Å². The standard InChI is InChI=1S/C8H8N2O3/c11-8(12)10-7-4-2-1-3-6(7)5-9(10)13/h1-4,13H,5H2,(H,11,12). The van der Waals surface area contributed by atoms with E-state index in [0.717, 1.165) is 10.6 Å². The van der Waals surface area contributed by atoms with Crippen LogP contribution in [0.2, 0.25) is 0 Å². The Morgan fingerprint density at radius 1 is 1.38 bits per heavy atom. The molecule has 68 valence electrons. The molecule has 0 atom stereocenters. The molecule has 0 saturated heterocycles. The van der Waals surface area contributed by atoms with Gasteiger partial charge in [0.25, 0.3) is 0 Å². The van der Waals surface area contributed by atoms with Crippen LogP contribution in [0.25, 0.3) is 0 Å². The summed E-state index contributed by atoms with van der Waals surface area (Å²) in [6.07, 6.45) is -1.19. The molecule has 1 aliphatic heterocycles. The lowest BCUT2D eigenvalue weighted by atomic mass is 10.2. The molecular weight excluding hydrogens is 172 g/mol. The number of hydrazine groups is 1.